The minimum absolute atomic E-state index is 0.147. The molecule has 0 saturated carbocycles. The van der Waals surface area contributed by atoms with E-state index in [0.29, 0.717) is 5.75 Å². The Morgan fingerprint density at radius 2 is 1.84 bits per heavy atom. The molecule has 1 heterocycles. The molecule has 25 heavy (non-hydrogen) atoms. The molecule has 1 aliphatic heterocycles. The fourth-order valence-electron chi connectivity index (χ4n) is 2.49. The van der Waals surface area contributed by atoms with E-state index in [4.69, 9.17) is 4.74 Å². The van der Waals surface area contributed by atoms with Crippen molar-refractivity contribution in [3.05, 3.63) is 48.0 Å². The first-order valence-corrected chi connectivity index (χ1v) is 8.40. The van der Waals surface area contributed by atoms with Crippen molar-refractivity contribution in [3.63, 3.8) is 0 Å². The van der Waals surface area contributed by atoms with Gasteiger partial charge in [0.15, 0.2) is 0 Å². The number of hydrogen-bond acceptors (Lipinski definition) is 5. The van der Waals surface area contributed by atoms with Crippen LogP contribution in [0.5, 0.6) is 5.75 Å². The summed E-state index contributed by atoms with van der Waals surface area (Å²) in [5.41, 5.74) is 2.40. The molecule has 2 amide bonds. The third-order valence-electron chi connectivity index (χ3n) is 3.92. The summed E-state index contributed by atoms with van der Waals surface area (Å²) in [7, 11) is 4.70. The second-order valence-corrected chi connectivity index (χ2v) is 6.47. The highest BCUT2D eigenvalue weighted by atomic mass is 32.2. The van der Waals surface area contributed by atoms with Crippen LogP contribution >= 0.6 is 11.9 Å². The minimum atomic E-state index is -0.293. The van der Waals surface area contributed by atoms with Gasteiger partial charge < -0.3 is 9.47 Å². The predicted molar refractivity (Wildman–Crippen MR) is 97.3 cm³/mol. The minimum Gasteiger partial charge on any atom is -0.497 e. The second kappa shape index (κ2) is 7.06. The maximum atomic E-state index is 12.7. The van der Waals surface area contributed by atoms with E-state index in [1.165, 1.54) is 19.1 Å². The van der Waals surface area contributed by atoms with Crippen LogP contribution in [0.25, 0.3) is 0 Å². The van der Waals surface area contributed by atoms with Crippen LogP contribution in [0.2, 0.25) is 0 Å². The van der Waals surface area contributed by atoms with E-state index in [0.717, 1.165) is 21.8 Å². The fourth-order valence-corrected chi connectivity index (χ4v) is 3.53. The van der Waals surface area contributed by atoms with Gasteiger partial charge in [0.2, 0.25) is 0 Å². The number of fused-ring (bicyclic) bond motifs is 1. The molecule has 0 bridgehead atoms. The SMILES string of the molecule is COC(=O)Cc1ccc(N2Sc3ccc(OC)cc3N(C)C2=O)cc1. The highest BCUT2D eigenvalue weighted by Crippen LogP contribution is 2.42. The molecule has 0 atom stereocenters. The number of urea groups is 1. The molecule has 0 aromatic heterocycles. The zero-order valence-corrected chi connectivity index (χ0v) is 15.0. The Kier molecular flexibility index (Phi) is 4.85. The summed E-state index contributed by atoms with van der Waals surface area (Å²) in [4.78, 5) is 26.6. The molecule has 2 aromatic carbocycles. The van der Waals surface area contributed by atoms with E-state index >= 15 is 0 Å². The number of anilines is 2. The van der Waals surface area contributed by atoms with Crippen LogP contribution < -0.4 is 13.9 Å². The number of methoxy groups -OCH3 is 2. The highest BCUT2D eigenvalue weighted by molar-refractivity contribution is 8.01. The Morgan fingerprint density at radius 1 is 1.12 bits per heavy atom. The van der Waals surface area contributed by atoms with Crippen LogP contribution in [-0.2, 0) is 16.0 Å². The van der Waals surface area contributed by atoms with Crippen LogP contribution in [0.4, 0.5) is 16.2 Å². The lowest BCUT2D eigenvalue weighted by Gasteiger charge is -2.33. The van der Waals surface area contributed by atoms with Gasteiger partial charge >= 0.3 is 12.0 Å². The molecule has 0 unspecified atom stereocenters. The molecule has 0 N–H and O–H groups in total. The average molecular weight is 358 g/mol. The molecular formula is C18H18N2O4S. The van der Waals surface area contributed by atoms with Gasteiger partial charge in [-0.05, 0) is 41.8 Å². The summed E-state index contributed by atoms with van der Waals surface area (Å²) >= 11 is 1.36. The number of esters is 1. The number of rotatable bonds is 4. The number of carbonyl (C=O) groups is 2. The van der Waals surface area contributed by atoms with Crippen LogP contribution in [0.1, 0.15) is 5.56 Å². The van der Waals surface area contributed by atoms with Gasteiger partial charge in [0.05, 0.1) is 36.9 Å². The molecule has 7 heteroatoms. The van der Waals surface area contributed by atoms with Crippen LogP contribution in [-0.4, -0.2) is 33.3 Å². The van der Waals surface area contributed by atoms with Crippen molar-refractivity contribution in [1.29, 1.82) is 0 Å². The lowest BCUT2D eigenvalue weighted by Crippen LogP contribution is -2.40. The molecule has 2 aromatic rings. The molecule has 6 nitrogen and oxygen atoms in total. The molecule has 0 fully saturated rings. The summed E-state index contributed by atoms with van der Waals surface area (Å²) < 4.78 is 11.5. The van der Waals surface area contributed by atoms with Crippen molar-refractivity contribution >= 4 is 35.3 Å². The lowest BCUT2D eigenvalue weighted by molar-refractivity contribution is -0.139. The Bertz CT molecular complexity index is 807. The maximum absolute atomic E-state index is 12.7. The fraction of sp³-hybridized carbons (Fsp3) is 0.222. The van der Waals surface area contributed by atoms with Gasteiger partial charge in [-0.3, -0.25) is 9.69 Å². The van der Waals surface area contributed by atoms with E-state index in [-0.39, 0.29) is 18.4 Å². The Labute approximate surface area is 150 Å². The summed E-state index contributed by atoms with van der Waals surface area (Å²) in [5, 5.41) is 0. The molecule has 1 aliphatic rings. The largest absolute Gasteiger partial charge is 0.497 e. The van der Waals surface area contributed by atoms with Crippen molar-refractivity contribution in [3.8, 4) is 5.75 Å². The first kappa shape index (κ1) is 17.2. The Hall–Kier alpha value is -2.67. The standard InChI is InChI=1S/C18H18N2O4S/c1-19-15-11-14(23-2)8-9-16(15)25-20(18(19)22)13-6-4-12(5-7-13)10-17(21)24-3/h4-9,11H,10H2,1-3H3. The Morgan fingerprint density at radius 3 is 2.48 bits per heavy atom. The van der Waals surface area contributed by atoms with Crippen LogP contribution in [0.15, 0.2) is 47.4 Å². The summed E-state index contributed by atoms with van der Waals surface area (Å²) in [5.74, 6) is 0.415. The smallest absolute Gasteiger partial charge is 0.339 e. The normalized spacial score (nSPS) is 13.5. The van der Waals surface area contributed by atoms with Crippen LogP contribution in [0, 0.1) is 0 Å². The number of carbonyl (C=O) groups excluding carboxylic acids is 2. The molecule has 130 valence electrons. The van der Waals surface area contributed by atoms with Gasteiger partial charge in [0, 0.05) is 13.1 Å². The lowest BCUT2D eigenvalue weighted by atomic mass is 10.1. The molecule has 0 spiro atoms. The van der Waals surface area contributed by atoms with E-state index in [1.54, 1.807) is 23.4 Å². The zero-order valence-electron chi connectivity index (χ0n) is 14.2. The second-order valence-electron chi connectivity index (χ2n) is 5.48. The van der Waals surface area contributed by atoms with Crippen LogP contribution in [0.3, 0.4) is 0 Å². The zero-order chi connectivity index (χ0) is 18.0. The molecule has 0 aliphatic carbocycles. The van der Waals surface area contributed by atoms with Gasteiger partial charge in [0.25, 0.3) is 0 Å². The first-order valence-electron chi connectivity index (χ1n) is 7.63. The molecule has 0 radical (unpaired) electrons. The summed E-state index contributed by atoms with van der Waals surface area (Å²) in [6.07, 6.45) is 0.209. The van der Waals surface area contributed by atoms with Gasteiger partial charge in [0.1, 0.15) is 5.75 Å². The quantitative estimate of drug-likeness (QED) is 0.618. The van der Waals surface area contributed by atoms with Crippen molar-refractivity contribution in [1.82, 2.24) is 0 Å². The topological polar surface area (TPSA) is 59.1 Å². The van der Waals surface area contributed by atoms with E-state index < -0.39 is 0 Å². The van der Waals surface area contributed by atoms with Crippen molar-refractivity contribution in [2.45, 2.75) is 11.3 Å². The molecule has 3 rings (SSSR count). The van der Waals surface area contributed by atoms with Gasteiger partial charge in [-0.25, -0.2) is 9.10 Å². The van der Waals surface area contributed by atoms with E-state index in [1.807, 2.05) is 42.5 Å². The average Bonchev–Trinajstić information content (AvgIpc) is 2.65. The molecular weight excluding hydrogens is 340 g/mol. The monoisotopic (exact) mass is 358 g/mol. The van der Waals surface area contributed by atoms with Crippen molar-refractivity contribution < 1.29 is 19.1 Å². The highest BCUT2D eigenvalue weighted by Gasteiger charge is 2.30. The first-order chi connectivity index (χ1) is 12.0. The van der Waals surface area contributed by atoms with Gasteiger partial charge in [-0.15, -0.1) is 0 Å². The third kappa shape index (κ3) is 3.41. The number of ether oxygens (including phenoxy) is 2. The molecule has 0 saturated heterocycles. The summed E-state index contributed by atoms with van der Waals surface area (Å²) in [6.45, 7) is 0. The van der Waals surface area contributed by atoms with Gasteiger partial charge in [-0.1, -0.05) is 12.1 Å². The number of amides is 2. The van der Waals surface area contributed by atoms with Gasteiger partial charge in [-0.2, -0.15) is 0 Å². The maximum Gasteiger partial charge on any atom is 0.339 e. The number of nitrogens with zero attached hydrogens (tertiary/aromatic N) is 2. The summed E-state index contributed by atoms with van der Waals surface area (Å²) in [6, 6.07) is 12.8. The van der Waals surface area contributed by atoms with E-state index in [9.17, 15) is 9.59 Å². The van der Waals surface area contributed by atoms with Crippen molar-refractivity contribution in [2.24, 2.45) is 0 Å². The Balaban J connectivity index is 1.85. The predicted octanol–water partition coefficient (Wildman–Crippen LogP) is 3.49. The van der Waals surface area contributed by atoms with E-state index in [2.05, 4.69) is 4.74 Å². The van der Waals surface area contributed by atoms with Crippen molar-refractivity contribution in [2.75, 3.05) is 30.5 Å². The number of hydrogen-bond donors (Lipinski definition) is 0. The third-order valence-corrected chi connectivity index (χ3v) is 5.02. The number of benzene rings is 2.